The van der Waals surface area contributed by atoms with Crippen LogP contribution >= 0.6 is 0 Å². The van der Waals surface area contributed by atoms with E-state index < -0.39 is 0 Å². The average Bonchev–Trinajstić information content (AvgIpc) is 3.43. The molecule has 4 heterocycles. The Balaban J connectivity index is 1.66. The van der Waals surface area contributed by atoms with E-state index in [1.165, 1.54) is 44.6 Å². The Morgan fingerprint density at radius 2 is 1.74 bits per heavy atom. The van der Waals surface area contributed by atoms with Crippen molar-refractivity contribution in [3.05, 3.63) is 68.6 Å². The lowest BCUT2D eigenvalue weighted by Gasteiger charge is -2.08. The Hall–Kier alpha value is -2.88. The van der Waals surface area contributed by atoms with Gasteiger partial charge in [-0.3, -0.25) is 9.98 Å². The molecule has 2 aliphatic rings. The lowest BCUT2D eigenvalue weighted by Crippen LogP contribution is -2.13. The Morgan fingerprint density at radius 3 is 2.35 bits per heavy atom. The SMILES string of the molecule is CC1=CC(c2[nH]c(C3N=C(C=c4[nH]c(=C(C)C)cc4C)C=C3C)cc2C)N=C1C(C)C. The number of hydrogen-bond acceptors (Lipinski definition) is 2. The fourth-order valence-corrected chi connectivity index (χ4v) is 4.55. The van der Waals surface area contributed by atoms with Crippen molar-refractivity contribution < 1.29 is 0 Å². The quantitative estimate of drug-likeness (QED) is 0.693. The van der Waals surface area contributed by atoms with Crippen LogP contribution in [-0.2, 0) is 0 Å². The van der Waals surface area contributed by atoms with E-state index in [4.69, 9.17) is 9.98 Å². The normalized spacial score (nSPS) is 21.5. The van der Waals surface area contributed by atoms with Crippen molar-refractivity contribution >= 4 is 23.1 Å². The van der Waals surface area contributed by atoms with Gasteiger partial charge in [-0.15, -0.1) is 0 Å². The van der Waals surface area contributed by atoms with Gasteiger partial charge in [0.25, 0.3) is 0 Å². The van der Waals surface area contributed by atoms with Gasteiger partial charge in [-0.25, -0.2) is 0 Å². The second-order valence-corrected chi connectivity index (χ2v) is 9.55. The van der Waals surface area contributed by atoms with Gasteiger partial charge in [-0.2, -0.15) is 0 Å². The number of hydrogen-bond donors (Lipinski definition) is 2. The van der Waals surface area contributed by atoms with Gasteiger partial charge >= 0.3 is 0 Å². The maximum absolute atomic E-state index is 5.03. The maximum atomic E-state index is 5.03. The van der Waals surface area contributed by atoms with E-state index in [-0.39, 0.29) is 12.1 Å². The summed E-state index contributed by atoms with van der Waals surface area (Å²) < 4.78 is 0. The van der Waals surface area contributed by atoms with Crippen LogP contribution in [-0.4, -0.2) is 21.4 Å². The lowest BCUT2D eigenvalue weighted by atomic mass is 10.0. The van der Waals surface area contributed by atoms with Crippen molar-refractivity contribution in [1.82, 2.24) is 9.97 Å². The molecule has 2 aliphatic heterocycles. The molecule has 4 heteroatoms. The predicted molar refractivity (Wildman–Crippen MR) is 132 cm³/mol. The number of rotatable bonds is 4. The molecule has 0 saturated heterocycles. The van der Waals surface area contributed by atoms with Crippen LogP contribution in [0.25, 0.3) is 11.6 Å². The molecule has 0 spiro atoms. The van der Waals surface area contributed by atoms with Crippen LogP contribution in [0.1, 0.15) is 76.1 Å². The molecule has 162 valence electrons. The topological polar surface area (TPSA) is 56.3 Å². The smallest absolute Gasteiger partial charge is 0.111 e. The van der Waals surface area contributed by atoms with E-state index >= 15 is 0 Å². The van der Waals surface area contributed by atoms with Crippen molar-refractivity contribution in [2.45, 2.75) is 67.5 Å². The molecule has 4 rings (SSSR count). The zero-order chi connectivity index (χ0) is 22.4. The van der Waals surface area contributed by atoms with Gasteiger partial charge in [0, 0.05) is 27.8 Å². The van der Waals surface area contributed by atoms with Crippen molar-refractivity contribution in [3.8, 4) is 0 Å². The molecule has 4 nitrogen and oxygen atoms in total. The molecule has 2 aromatic heterocycles. The Kier molecular flexibility index (Phi) is 5.50. The van der Waals surface area contributed by atoms with Gasteiger partial charge < -0.3 is 9.97 Å². The number of H-pyrrole nitrogens is 2. The van der Waals surface area contributed by atoms with Crippen LogP contribution in [0.2, 0.25) is 0 Å². The molecule has 0 bridgehead atoms. The number of nitrogens with one attached hydrogen (secondary N) is 2. The van der Waals surface area contributed by atoms with Crippen molar-refractivity contribution in [3.63, 3.8) is 0 Å². The van der Waals surface area contributed by atoms with Crippen LogP contribution < -0.4 is 10.7 Å². The second kappa shape index (κ2) is 7.99. The molecule has 0 aromatic carbocycles. The number of aliphatic imine (C=N–C) groups is 2. The molecule has 31 heavy (non-hydrogen) atoms. The van der Waals surface area contributed by atoms with Gasteiger partial charge in [0.2, 0.25) is 0 Å². The fourth-order valence-electron chi connectivity index (χ4n) is 4.55. The van der Waals surface area contributed by atoms with Crippen LogP contribution in [0.3, 0.4) is 0 Å². The summed E-state index contributed by atoms with van der Waals surface area (Å²) in [4.78, 5) is 17.2. The molecule has 2 atom stereocenters. The van der Waals surface area contributed by atoms with Gasteiger partial charge in [-0.1, -0.05) is 19.4 Å². The molecular formula is C27H34N4. The minimum absolute atomic E-state index is 0.0351. The Morgan fingerprint density at radius 1 is 1.00 bits per heavy atom. The predicted octanol–water partition coefficient (Wildman–Crippen LogP) is 5.17. The number of aryl methyl sites for hydroxylation is 2. The highest BCUT2D eigenvalue weighted by atomic mass is 14.9. The third-order valence-corrected chi connectivity index (χ3v) is 6.27. The highest BCUT2D eigenvalue weighted by Crippen LogP contribution is 2.35. The van der Waals surface area contributed by atoms with E-state index in [0.29, 0.717) is 5.92 Å². The summed E-state index contributed by atoms with van der Waals surface area (Å²) in [5, 5.41) is 2.32. The van der Waals surface area contributed by atoms with E-state index in [1.807, 2.05) is 0 Å². The van der Waals surface area contributed by atoms with Gasteiger partial charge in [0.05, 0.1) is 5.71 Å². The molecule has 0 amide bonds. The van der Waals surface area contributed by atoms with Crippen molar-refractivity contribution in [1.29, 1.82) is 0 Å². The van der Waals surface area contributed by atoms with Gasteiger partial charge in [0.1, 0.15) is 12.1 Å². The third-order valence-electron chi connectivity index (χ3n) is 6.27. The molecule has 0 fully saturated rings. The molecule has 2 unspecified atom stereocenters. The highest BCUT2D eigenvalue weighted by molar-refractivity contribution is 6.18. The number of nitrogens with zero attached hydrogens (tertiary/aromatic N) is 2. The summed E-state index contributed by atoms with van der Waals surface area (Å²) in [6, 6.07) is 4.56. The zero-order valence-electron chi connectivity index (χ0n) is 20.0. The first-order valence-corrected chi connectivity index (χ1v) is 11.2. The van der Waals surface area contributed by atoms with Crippen LogP contribution in [0.4, 0.5) is 0 Å². The molecule has 2 aromatic rings. The van der Waals surface area contributed by atoms with E-state index in [1.54, 1.807) is 0 Å². The molecule has 0 radical (unpaired) electrons. The van der Waals surface area contributed by atoms with E-state index in [0.717, 1.165) is 16.8 Å². The van der Waals surface area contributed by atoms with Crippen LogP contribution in [0, 0.1) is 19.8 Å². The summed E-state index contributed by atoms with van der Waals surface area (Å²) in [7, 11) is 0. The Bertz CT molecular complexity index is 1270. The van der Waals surface area contributed by atoms with E-state index in [9.17, 15) is 0 Å². The summed E-state index contributed by atoms with van der Waals surface area (Å²) in [5.41, 5.74) is 10.9. The molecule has 0 saturated carbocycles. The first-order chi connectivity index (χ1) is 14.6. The number of aromatic amines is 2. The van der Waals surface area contributed by atoms with E-state index in [2.05, 4.69) is 95.7 Å². The van der Waals surface area contributed by atoms with Gasteiger partial charge in [0.15, 0.2) is 0 Å². The fraction of sp³-hybridized carbons (Fsp3) is 0.407. The summed E-state index contributed by atoms with van der Waals surface area (Å²) >= 11 is 0. The number of allylic oxidation sites excluding steroid dienone is 2. The van der Waals surface area contributed by atoms with Crippen LogP contribution in [0.15, 0.2) is 45.4 Å². The monoisotopic (exact) mass is 414 g/mol. The maximum Gasteiger partial charge on any atom is 0.111 e. The molecule has 2 N–H and O–H groups in total. The third kappa shape index (κ3) is 4.04. The largest absolute Gasteiger partial charge is 0.358 e. The summed E-state index contributed by atoms with van der Waals surface area (Å²) in [6.07, 6.45) is 6.62. The van der Waals surface area contributed by atoms with Crippen molar-refractivity contribution in [2.75, 3.05) is 0 Å². The first-order valence-electron chi connectivity index (χ1n) is 11.2. The lowest BCUT2D eigenvalue weighted by molar-refractivity contribution is 0.803. The average molecular weight is 415 g/mol. The highest BCUT2D eigenvalue weighted by Gasteiger charge is 2.26. The minimum atomic E-state index is 0.0351. The molecule has 0 aliphatic carbocycles. The van der Waals surface area contributed by atoms with Gasteiger partial charge in [-0.05, 0) is 100 Å². The Labute approximate surface area is 185 Å². The first kappa shape index (κ1) is 21.4. The van der Waals surface area contributed by atoms with Crippen LogP contribution in [0.5, 0.6) is 0 Å². The minimum Gasteiger partial charge on any atom is -0.358 e. The standard InChI is InChI=1S/C27H34N4/c1-14(2)21-10-16(5)22(29-21)13-20-9-17(6)26(28-20)23-12-19(8)27(31-23)24-11-18(7)25(30-24)15(3)4/h9-13,15,24,26,29,31H,1-8H3. The molecular weight excluding hydrogens is 380 g/mol. The van der Waals surface area contributed by atoms with Crippen molar-refractivity contribution in [2.24, 2.45) is 15.9 Å². The summed E-state index contributed by atoms with van der Waals surface area (Å²) in [6.45, 7) is 17.3. The zero-order valence-corrected chi connectivity index (χ0v) is 20.0. The second-order valence-electron chi connectivity index (χ2n) is 9.55. The number of aromatic nitrogens is 2. The summed E-state index contributed by atoms with van der Waals surface area (Å²) in [5.74, 6) is 0.449.